The van der Waals surface area contributed by atoms with Crippen molar-refractivity contribution < 1.29 is 9.53 Å². The minimum Gasteiger partial charge on any atom is -0.367 e. The van der Waals surface area contributed by atoms with Gasteiger partial charge in [0.25, 0.3) is 5.91 Å². The highest BCUT2D eigenvalue weighted by molar-refractivity contribution is 5.82. The highest BCUT2D eigenvalue weighted by Gasteiger charge is 2.20. The molecule has 1 aliphatic heterocycles. The summed E-state index contributed by atoms with van der Waals surface area (Å²) in [5.74, 6) is 0.637. The van der Waals surface area contributed by atoms with Crippen LogP contribution in [0.15, 0.2) is 30.3 Å². The van der Waals surface area contributed by atoms with Crippen LogP contribution >= 0.6 is 0 Å². The molecule has 1 aliphatic rings. The van der Waals surface area contributed by atoms with E-state index in [0.29, 0.717) is 5.92 Å². The Labute approximate surface area is 114 Å². The fraction of sp³-hybridized carbons (Fsp3) is 0.533. The van der Waals surface area contributed by atoms with E-state index in [0.717, 1.165) is 31.6 Å². The van der Waals surface area contributed by atoms with Crippen molar-refractivity contribution in [2.45, 2.75) is 18.9 Å². The molecule has 1 fully saturated rings. The van der Waals surface area contributed by atoms with Crippen molar-refractivity contribution >= 4 is 5.91 Å². The SMILES string of the molecule is COC(C(=O)NCCC1CCNC1)c1ccccc1. The quantitative estimate of drug-likeness (QED) is 0.816. The topological polar surface area (TPSA) is 50.4 Å². The molecule has 2 atom stereocenters. The Balaban J connectivity index is 1.80. The van der Waals surface area contributed by atoms with E-state index in [4.69, 9.17) is 4.74 Å². The van der Waals surface area contributed by atoms with E-state index in [9.17, 15) is 4.79 Å². The number of methoxy groups -OCH3 is 1. The van der Waals surface area contributed by atoms with E-state index in [-0.39, 0.29) is 5.91 Å². The van der Waals surface area contributed by atoms with E-state index in [1.807, 2.05) is 30.3 Å². The Morgan fingerprint density at radius 2 is 2.26 bits per heavy atom. The van der Waals surface area contributed by atoms with Crippen molar-refractivity contribution in [3.63, 3.8) is 0 Å². The summed E-state index contributed by atoms with van der Waals surface area (Å²) >= 11 is 0. The Bertz CT molecular complexity index is 388. The van der Waals surface area contributed by atoms with E-state index in [1.165, 1.54) is 6.42 Å². The maximum atomic E-state index is 12.1. The molecule has 1 amide bonds. The Morgan fingerprint density at radius 1 is 1.47 bits per heavy atom. The van der Waals surface area contributed by atoms with Crippen LogP contribution in [0.25, 0.3) is 0 Å². The maximum absolute atomic E-state index is 12.1. The first-order valence-electron chi connectivity index (χ1n) is 6.87. The summed E-state index contributed by atoms with van der Waals surface area (Å²) in [6, 6.07) is 9.59. The number of nitrogens with one attached hydrogen (secondary N) is 2. The first kappa shape index (κ1) is 14.0. The third kappa shape index (κ3) is 4.04. The van der Waals surface area contributed by atoms with Crippen molar-refractivity contribution in [2.24, 2.45) is 5.92 Å². The number of carbonyl (C=O) groups is 1. The van der Waals surface area contributed by atoms with Gasteiger partial charge in [0.1, 0.15) is 0 Å². The van der Waals surface area contributed by atoms with Crippen LogP contribution in [0.3, 0.4) is 0 Å². The van der Waals surface area contributed by atoms with Crippen LogP contribution in [-0.2, 0) is 9.53 Å². The molecule has 2 unspecified atom stereocenters. The maximum Gasteiger partial charge on any atom is 0.253 e. The molecule has 0 bridgehead atoms. The predicted octanol–water partition coefficient (Wildman–Crippen LogP) is 1.49. The summed E-state index contributed by atoms with van der Waals surface area (Å²) in [7, 11) is 1.57. The van der Waals surface area contributed by atoms with Gasteiger partial charge in [-0.1, -0.05) is 30.3 Å². The predicted molar refractivity (Wildman–Crippen MR) is 74.8 cm³/mol. The normalized spacial score (nSPS) is 20.2. The number of ether oxygens (including phenoxy) is 1. The highest BCUT2D eigenvalue weighted by Crippen LogP contribution is 2.16. The van der Waals surface area contributed by atoms with Gasteiger partial charge in [-0.3, -0.25) is 4.79 Å². The third-order valence-corrected chi connectivity index (χ3v) is 3.59. The van der Waals surface area contributed by atoms with Crippen LogP contribution in [0.2, 0.25) is 0 Å². The lowest BCUT2D eigenvalue weighted by atomic mass is 10.0. The zero-order valence-electron chi connectivity index (χ0n) is 11.4. The van der Waals surface area contributed by atoms with E-state index < -0.39 is 6.10 Å². The molecule has 0 spiro atoms. The number of rotatable bonds is 6. The number of carbonyl (C=O) groups excluding carboxylic acids is 1. The van der Waals surface area contributed by atoms with Crippen LogP contribution < -0.4 is 10.6 Å². The summed E-state index contributed by atoms with van der Waals surface area (Å²) in [4.78, 5) is 12.1. The first-order valence-corrected chi connectivity index (χ1v) is 6.87. The number of hydrogen-bond donors (Lipinski definition) is 2. The number of benzene rings is 1. The van der Waals surface area contributed by atoms with Crippen molar-refractivity contribution in [1.82, 2.24) is 10.6 Å². The second kappa shape index (κ2) is 7.26. The Kier molecular flexibility index (Phi) is 5.36. The summed E-state index contributed by atoms with van der Waals surface area (Å²) in [6.07, 6.45) is 1.73. The van der Waals surface area contributed by atoms with Crippen molar-refractivity contribution in [1.29, 1.82) is 0 Å². The van der Waals surface area contributed by atoms with Crippen molar-refractivity contribution in [3.05, 3.63) is 35.9 Å². The molecule has 1 aromatic rings. The van der Waals surface area contributed by atoms with Crippen LogP contribution in [-0.4, -0.2) is 32.7 Å². The van der Waals surface area contributed by atoms with Gasteiger partial charge in [0.05, 0.1) is 0 Å². The molecule has 1 heterocycles. The van der Waals surface area contributed by atoms with Gasteiger partial charge >= 0.3 is 0 Å². The molecule has 0 saturated carbocycles. The average molecular weight is 262 g/mol. The van der Waals surface area contributed by atoms with Crippen molar-refractivity contribution in [2.75, 3.05) is 26.7 Å². The number of amides is 1. The van der Waals surface area contributed by atoms with Gasteiger partial charge in [0.15, 0.2) is 6.10 Å². The van der Waals surface area contributed by atoms with Gasteiger partial charge in [-0.15, -0.1) is 0 Å². The molecular weight excluding hydrogens is 240 g/mol. The van der Waals surface area contributed by atoms with E-state index in [1.54, 1.807) is 7.11 Å². The van der Waals surface area contributed by atoms with Gasteiger partial charge in [0, 0.05) is 13.7 Å². The zero-order chi connectivity index (χ0) is 13.5. The molecule has 1 saturated heterocycles. The molecule has 1 aromatic carbocycles. The monoisotopic (exact) mass is 262 g/mol. The molecule has 0 aromatic heterocycles. The van der Waals surface area contributed by atoms with Crippen LogP contribution in [0.5, 0.6) is 0 Å². The summed E-state index contributed by atoms with van der Waals surface area (Å²) in [6.45, 7) is 2.89. The lowest BCUT2D eigenvalue weighted by Crippen LogP contribution is -2.32. The molecule has 2 N–H and O–H groups in total. The zero-order valence-corrected chi connectivity index (χ0v) is 11.4. The Hall–Kier alpha value is -1.39. The second-order valence-electron chi connectivity index (χ2n) is 4.96. The molecule has 4 heteroatoms. The molecular formula is C15H22N2O2. The standard InChI is InChI=1S/C15H22N2O2/c1-19-14(13-5-3-2-4-6-13)15(18)17-10-8-12-7-9-16-11-12/h2-6,12,14,16H,7-11H2,1H3,(H,17,18). The van der Waals surface area contributed by atoms with Gasteiger partial charge in [0.2, 0.25) is 0 Å². The second-order valence-corrected chi connectivity index (χ2v) is 4.96. The fourth-order valence-corrected chi connectivity index (χ4v) is 2.48. The fourth-order valence-electron chi connectivity index (χ4n) is 2.48. The van der Waals surface area contributed by atoms with Gasteiger partial charge < -0.3 is 15.4 Å². The Morgan fingerprint density at radius 3 is 2.89 bits per heavy atom. The molecule has 2 rings (SSSR count). The summed E-state index contributed by atoms with van der Waals surface area (Å²) in [5.41, 5.74) is 0.894. The summed E-state index contributed by atoms with van der Waals surface area (Å²) in [5, 5.41) is 6.30. The summed E-state index contributed by atoms with van der Waals surface area (Å²) < 4.78 is 5.30. The highest BCUT2D eigenvalue weighted by atomic mass is 16.5. The molecule has 104 valence electrons. The van der Waals surface area contributed by atoms with Crippen LogP contribution in [0.1, 0.15) is 24.5 Å². The van der Waals surface area contributed by atoms with E-state index in [2.05, 4.69) is 10.6 Å². The molecule has 4 nitrogen and oxygen atoms in total. The van der Waals surface area contributed by atoms with E-state index >= 15 is 0 Å². The minimum atomic E-state index is -0.511. The lowest BCUT2D eigenvalue weighted by Gasteiger charge is -2.16. The molecule has 19 heavy (non-hydrogen) atoms. The molecule has 0 radical (unpaired) electrons. The lowest BCUT2D eigenvalue weighted by molar-refractivity contribution is -0.131. The number of hydrogen-bond acceptors (Lipinski definition) is 3. The largest absolute Gasteiger partial charge is 0.367 e. The van der Waals surface area contributed by atoms with Gasteiger partial charge in [-0.2, -0.15) is 0 Å². The van der Waals surface area contributed by atoms with Gasteiger partial charge in [-0.25, -0.2) is 0 Å². The average Bonchev–Trinajstić information content (AvgIpc) is 2.94. The van der Waals surface area contributed by atoms with Crippen LogP contribution in [0, 0.1) is 5.92 Å². The molecule has 0 aliphatic carbocycles. The van der Waals surface area contributed by atoms with Gasteiger partial charge in [-0.05, 0) is 37.4 Å². The minimum absolute atomic E-state index is 0.0559. The van der Waals surface area contributed by atoms with Crippen molar-refractivity contribution in [3.8, 4) is 0 Å². The first-order chi connectivity index (χ1) is 9.31. The smallest absolute Gasteiger partial charge is 0.253 e. The third-order valence-electron chi connectivity index (χ3n) is 3.59. The van der Waals surface area contributed by atoms with Crippen LogP contribution in [0.4, 0.5) is 0 Å².